The molecule has 1 aliphatic heterocycles. The molecule has 1 unspecified atom stereocenters. The largest absolute Gasteiger partial charge is 0.341 e. The normalized spacial score (nSPS) is 20.9. The quantitative estimate of drug-likeness (QED) is 0.863. The molecule has 0 saturated carbocycles. The Balaban J connectivity index is 2.17. The lowest BCUT2D eigenvalue weighted by Crippen LogP contribution is -2.45. The number of rotatable bonds is 4. The second kappa shape index (κ2) is 5.54. The van der Waals surface area contributed by atoms with Crippen LogP contribution in [0.4, 0.5) is 5.95 Å². The van der Waals surface area contributed by atoms with Crippen LogP contribution >= 0.6 is 0 Å². The van der Waals surface area contributed by atoms with Gasteiger partial charge in [0.25, 0.3) is 0 Å². The van der Waals surface area contributed by atoms with Gasteiger partial charge in [-0.1, -0.05) is 6.92 Å². The summed E-state index contributed by atoms with van der Waals surface area (Å²) in [4.78, 5) is 7.18. The standard InChI is InChI=1S/C13H24N4/c1-4-11-9-16(5-2)13(15-11)17-8-6-7-12(10-17)14-3/h9,12,14H,4-8,10H2,1-3H3. The van der Waals surface area contributed by atoms with E-state index in [-0.39, 0.29) is 0 Å². The number of aryl methyl sites for hydroxylation is 2. The highest BCUT2D eigenvalue weighted by Gasteiger charge is 2.22. The van der Waals surface area contributed by atoms with Crippen molar-refractivity contribution in [2.75, 3.05) is 25.0 Å². The minimum Gasteiger partial charge on any atom is -0.341 e. The first-order valence-corrected chi connectivity index (χ1v) is 6.76. The van der Waals surface area contributed by atoms with Crippen molar-refractivity contribution in [3.8, 4) is 0 Å². The maximum absolute atomic E-state index is 4.75. The summed E-state index contributed by atoms with van der Waals surface area (Å²) in [5, 5.41) is 3.38. The molecule has 0 aliphatic carbocycles. The Morgan fingerprint density at radius 2 is 2.29 bits per heavy atom. The second-order valence-corrected chi connectivity index (χ2v) is 4.75. The maximum atomic E-state index is 4.75. The lowest BCUT2D eigenvalue weighted by atomic mass is 10.1. The van der Waals surface area contributed by atoms with Gasteiger partial charge in [0.2, 0.25) is 5.95 Å². The fourth-order valence-electron chi connectivity index (χ4n) is 2.51. The highest BCUT2D eigenvalue weighted by Crippen LogP contribution is 2.20. The number of anilines is 1. The Labute approximate surface area is 104 Å². The summed E-state index contributed by atoms with van der Waals surface area (Å²) < 4.78 is 2.27. The topological polar surface area (TPSA) is 33.1 Å². The van der Waals surface area contributed by atoms with Crippen LogP contribution in [0.5, 0.6) is 0 Å². The second-order valence-electron chi connectivity index (χ2n) is 4.75. The predicted molar refractivity (Wildman–Crippen MR) is 71.6 cm³/mol. The Bertz CT molecular complexity index is 358. The molecule has 1 fully saturated rings. The van der Waals surface area contributed by atoms with Crippen molar-refractivity contribution in [1.29, 1.82) is 0 Å². The first-order valence-electron chi connectivity index (χ1n) is 6.76. The van der Waals surface area contributed by atoms with Crippen molar-refractivity contribution in [1.82, 2.24) is 14.9 Å². The molecule has 0 bridgehead atoms. The fraction of sp³-hybridized carbons (Fsp3) is 0.769. The first-order chi connectivity index (χ1) is 8.28. The number of hydrogen-bond acceptors (Lipinski definition) is 3. The summed E-state index contributed by atoms with van der Waals surface area (Å²) in [6.45, 7) is 7.57. The van der Waals surface area contributed by atoms with Crippen LogP contribution in [0.15, 0.2) is 6.20 Å². The van der Waals surface area contributed by atoms with Gasteiger partial charge < -0.3 is 14.8 Å². The fourth-order valence-corrected chi connectivity index (χ4v) is 2.51. The minimum atomic E-state index is 0.607. The number of imidazole rings is 1. The summed E-state index contributed by atoms with van der Waals surface area (Å²) in [6, 6.07) is 0.607. The van der Waals surface area contributed by atoms with Gasteiger partial charge in [0, 0.05) is 31.9 Å². The highest BCUT2D eigenvalue weighted by atomic mass is 15.3. The van der Waals surface area contributed by atoms with E-state index in [9.17, 15) is 0 Å². The van der Waals surface area contributed by atoms with Gasteiger partial charge in [-0.15, -0.1) is 0 Å². The predicted octanol–water partition coefficient (Wildman–Crippen LogP) is 1.65. The molecule has 1 atom stereocenters. The van der Waals surface area contributed by atoms with Crippen LogP contribution in [0.3, 0.4) is 0 Å². The zero-order valence-corrected chi connectivity index (χ0v) is 11.2. The molecule has 0 aromatic carbocycles. The molecular formula is C13H24N4. The van der Waals surface area contributed by atoms with Crippen LogP contribution < -0.4 is 10.2 Å². The Morgan fingerprint density at radius 3 is 2.94 bits per heavy atom. The maximum Gasteiger partial charge on any atom is 0.205 e. The smallest absolute Gasteiger partial charge is 0.205 e. The third-order valence-corrected chi connectivity index (χ3v) is 3.62. The summed E-state index contributed by atoms with van der Waals surface area (Å²) >= 11 is 0. The number of aromatic nitrogens is 2. The average Bonchev–Trinajstić information content (AvgIpc) is 2.82. The van der Waals surface area contributed by atoms with Crippen LogP contribution in [-0.2, 0) is 13.0 Å². The molecule has 1 aliphatic rings. The number of likely N-dealkylation sites (N-methyl/N-ethyl adjacent to an activating group) is 1. The van der Waals surface area contributed by atoms with E-state index in [1.54, 1.807) is 0 Å². The molecular weight excluding hydrogens is 212 g/mol. The molecule has 96 valence electrons. The lowest BCUT2D eigenvalue weighted by Gasteiger charge is -2.33. The monoisotopic (exact) mass is 236 g/mol. The van der Waals surface area contributed by atoms with E-state index in [1.807, 2.05) is 0 Å². The van der Waals surface area contributed by atoms with E-state index in [2.05, 4.69) is 41.9 Å². The summed E-state index contributed by atoms with van der Waals surface area (Å²) in [7, 11) is 2.05. The van der Waals surface area contributed by atoms with Crippen molar-refractivity contribution < 1.29 is 0 Å². The van der Waals surface area contributed by atoms with Crippen molar-refractivity contribution in [2.45, 2.75) is 45.7 Å². The molecule has 1 saturated heterocycles. The molecule has 0 spiro atoms. The third kappa shape index (κ3) is 2.63. The lowest BCUT2D eigenvalue weighted by molar-refractivity contribution is 0.441. The molecule has 4 heteroatoms. The molecule has 1 N–H and O–H groups in total. The van der Waals surface area contributed by atoms with Crippen molar-refractivity contribution in [2.24, 2.45) is 0 Å². The summed E-state index contributed by atoms with van der Waals surface area (Å²) in [5.74, 6) is 1.16. The zero-order valence-electron chi connectivity index (χ0n) is 11.2. The van der Waals surface area contributed by atoms with E-state index < -0.39 is 0 Å². The molecule has 2 rings (SSSR count). The Kier molecular flexibility index (Phi) is 4.05. The number of hydrogen-bond donors (Lipinski definition) is 1. The number of nitrogens with zero attached hydrogens (tertiary/aromatic N) is 3. The summed E-state index contributed by atoms with van der Waals surface area (Å²) in [6.07, 6.45) is 5.74. The number of piperidine rings is 1. The van der Waals surface area contributed by atoms with Crippen LogP contribution in [0, 0.1) is 0 Å². The molecule has 0 radical (unpaired) electrons. The van der Waals surface area contributed by atoms with Gasteiger partial charge in [-0.25, -0.2) is 4.98 Å². The minimum absolute atomic E-state index is 0.607. The van der Waals surface area contributed by atoms with Gasteiger partial charge in [-0.2, -0.15) is 0 Å². The Morgan fingerprint density at radius 1 is 1.47 bits per heavy atom. The third-order valence-electron chi connectivity index (χ3n) is 3.62. The molecule has 1 aromatic rings. The highest BCUT2D eigenvalue weighted by molar-refractivity contribution is 5.34. The molecule has 0 amide bonds. The van der Waals surface area contributed by atoms with Gasteiger partial charge >= 0.3 is 0 Å². The molecule has 17 heavy (non-hydrogen) atoms. The van der Waals surface area contributed by atoms with Gasteiger partial charge in [0.05, 0.1) is 5.69 Å². The molecule has 1 aromatic heterocycles. The Hall–Kier alpha value is -1.03. The van der Waals surface area contributed by atoms with Crippen LogP contribution in [0.25, 0.3) is 0 Å². The van der Waals surface area contributed by atoms with Crippen molar-refractivity contribution in [3.63, 3.8) is 0 Å². The van der Waals surface area contributed by atoms with Crippen molar-refractivity contribution >= 4 is 5.95 Å². The number of nitrogens with one attached hydrogen (secondary N) is 1. The van der Waals surface area contributed by atoms with E-state index >= 15 is 0 Å². The van der Waals surface area contributed by atoms with Gasteiger partial charge in [-0.3, -0.25) is 0 Å². The molecule has 2 heterocycles. The van der Waals surface area contributed by atoms with E-state index in [1.165, 1.54) is 18.5 Å². The zero-order chi connectivity index (χ0) is 12.3. The van der Waals surface area contributed by atoms with Crippen LogP contribution in [0.2, 0.25) is 0 Å². The van der Waals surface area contributed by atoms with E-state index in [0.29, 0.717) is 6.04 Å². The van der Waals surface area contributed by atoms with Crippen LogP contribution in [0.1, 0.15) is 32.4 Å². The van der Waals surface area contributed by atoms with E-state index in [4.69, 9.17) is 4.98 Å². The SMILES string of the molecule is CCc1cn(CC)c(N2CCCC(NC)C2)n1. The van der Waals surface area contributed by atoms with Gasteiger partial charge in [0.15, 0.2) is 0 Å². The molecule has 4 nitrogen and oxygen atoms in total. The van der Waals surface area contributed by atoms with Gasteiger partial charge in [-0.05, 0) is 33.2 Å². The first kappa shape index (κ1) is 12.4. The average molecular weight is 236 g/mol. The van der Waals surface area contributed by atoms with Gasteiger partial charge in [0.1, 0.15) is 0 Å². The summed E-state index contributed by atoms with van der Waals surface area (Å²) in [5.41, 5.74) is 1.20. The van der Waals surface area contributed by atoms with Crippen LogP contribution in [-0.4, -0.2) is 35.7 Å². The van der Waals surface area contributed by atoms with E-state index in [0.717, 1.165) is 32.0 Å². The van der Waals surface area contributed by atoms with Crippen molar-refractivity contribution in [3.05, 3.63) is 11.9 Å².